The van der Waals surface area contributed by atoms with Crippen LogP contribution in [-0.2, 0) is 24.3 Å². The van der Waals surface area contributed by atoms with E-state index in [-0.39, 0.29) is 35.8 Å². The lowest BCUT2D eigenvalue weighted by molar-refractivity contribution is -0.129. The van der Waals surface area contributed by atoms with Crippen LogP contribution in [0.2, 0.25) is 0 Å². The number of pyridine rings is 1. The lowest BCUT2D eigenvalue weighted by atomic mass is 10.0. The lowest BCUT2D eigenvalue weighted by Crippen LogP contribution is -2.34. The maximum absolute atomic E-state index is 14.2. The third kappa shape index (κ3) is 4.21. The zero-order valence-electron chi connectivity index (χ0n) is 17.0. The predicted octanol–water partition coefficient (Wildman–Crippen LogP) is 4.45. The van der Waals surface area contributed by atoms with Gasteiger partial charge in [0, 0.05) is 55.5 Å². The van der Waals surface area contributed by atoms with Crippen molar-refractivity contribution in [1.82, 2.24) is 19.7 Å². The molecule has 3 aromatic rings. The van der Waals surface area contributed by atoms with E-state index in [0.29, 0.717) is 24.2 Å². The number of amides is 1. The summed E-state index contributed by atoms with van der Waals surface area (Å²) in [6.07, 6.45) is -4.02. The fraction of sp³-hybridized carbons (Fsp3) is 0.318. The SMILES string of the molecule is CC(=O)N1CCc2c(c(-c3cc(C(F)C(F)F)ccn3)nn2Cc2ccc(F)cc2F)C1. The standard InChI is InChI=1S/C22H19F5N4O/c1-12(32)30-7-5-19-16(11-30)21(18-8-13(4-6-28-18)20(25)22(26)27)29-31(19)10-14-2-3-15(23)9-17(14)24/h2-4,6,8-9,20,22H,5,7,10-11H2,1H3. The first-order valence-corrected chi connectivity index (χ1v) is 9.91. The molecule has 0 bridgehead atoms. The first-order chi connectivity index (χ1) is 15.2. The van der Waals surface area contributed by atoms with Crippen LogP contribution in [0.15, 0.2) is 36.5 Å². The zero-order chi connectivity index (χ0) is 23.0. The molecule has 0 spiro atoms. The number of benzene rings is 1. The zero-order valence-corrected chi connectivity index (χ0v) is 17.0. The molecule has 0 N–H and O–H groups in total. The summed E-state index contributed by atoms with van der Waals surface area (Å²) in [4.78, 5) is 17.7. The minimum atomic E-state index is -3.19. The van der Waals surface area contributed by atoms with Crippen molar-refractivity contribution in [3.63, 3.8) is 0 Å². The highest BCUT2D eigenvalue weighted by molar-refractivity contribution is 5.74. The van der Waals surface area contributed by atoms with Gasteiger partial charge in [-0.3, -0.25) is 14.5 Å². The van der Waals surface area contributed by atoms with E-state index >= 15 is 0 Å². The number of rotatable bonds is 5. The normalized spacial score (nSPS) is 14.5. The summed E-state index contributed by atoms with van der Waals surface area (Å²) in [5.74, 6) is -1.58. The fourth-order valence-electron chi connectivity index (χ4n) is 3.80. The average molecular weight is 450 g/mol. The van der Waals surface area contributed by atoms with E-state index in [1.165, 1.54) is 36.0 Å². The summed E-state index contributed by atoms with van der Waals surface area (Å²) >= 11 is 0. The highest BCUT2D eigenvalue weighted by atomic mass is 19.3. The topological polar surface area (TPSA) is 51.0 Å². The van der Waals surface area contributed by atoms with Gasteiger partial charge < -0.3 is 4.90 Å². The van der Waals surface area contributed by atoms with Crippen molar-refractivity contribution in [2.45, 2.75) is 39.0 Å². The van der Waals surface area contributed by atoms with Gasteiger partial charge in [0.15, 0.2) is 6.17 Å². The van der Waals surface area contributed by atoms with Crippen LogP contribution in [0.4, 0.5) is 22.0 Å². The van der Waals surface area contributed by atoms with Gasteiger partial charge in [0.2, 0.25) is 5.91 Å². The molecule has 1 aliphatic rings. The van der Waals surface area contributed by atoms with Gasteiger partial charge in [-0.05, 0) is 23.8 Å². The van der Waals surface area contributed by atoms with Crippen LogP contribution in [0.25, 0.3) is 11.4 Å². The third-order valence-electron chi connectivity index (χ3n) is 5.48. The third-order valence-corrected chi connectivity index (χ3v) is 5.48. The molecule has 0 saturated heterocycles. The van der Waals surface area contributed by atoms with E-state index in [1.807, 2.05) is 0 Å². The number of alkyl halides is 3. The molecule has 4 rings (SSSR count). The second kappa shape index (κ2) is 8.68. The predicted molar refractivity (Wildman–Crippen MR) is 106 cm³/mol. The molecule has 2 aromatic heterocycles. The van der Waals surface area contributed by atoms with Gasteiger partial charge in [-0.15, -0.1) is 0 Å². The van der Waals surface area contributed by atoms with Crippen molar-refractivity contribution in [2.24, 2.45) is 0 Å². The molecular weight excluding hydrogens is 431 g/mol. The Bertz CT molecular complexity index is 1160. The van der Waals surface area contributed by atoms with Crippen molar-refractivity contribution in [3.8, 4) is 11.4 Å². The van der Waals surface area contributed by atoms with E-state index in [9.17, 15) is 26.7 Å². The molecule has 1 aliphatic heterocycles. The minimum Gasteiger partial charge on any atom is -0.338 e. The number of carbonyl (C=O) groups excluding carboxylic acids is 1. The van der Waals surface area contributed by atoms with Crippen molar-refractivity contribution >= 4 is 5.91 Å². The Morgan fingerprint density at radius 2 is 1.94 bits per heavy atom. The molecule has 5 nitrogen and oxygen atoms in total. The number of halogens is 5. The number of aromatic nitrogens is 3. The molecule has 0 fully saturated rings. The molecular formula is C22H19F5N4O. The second-order valence-electron chi connectivity index (χ2n) is 7.57. The molecule has 1 unspecified atom stereocenters. The van der Waals surface area contributed by atoms with Crippen molar-refractivity contribution < 1.29 is 26.7 Å². The van der Waals surface area contributed by atoms with E-state index in [1.54, 1.807) is 4.90 Å². The summed E-state index contributed by atoms with van der Waals surface area (Å²) in [5, 5.41) is 4.51. The van der Waals surface area contributed by atoms with Gasteiger partial charge in [0.1, 0.15) is 17.3 Å². The minimum absolute atomic E-state index is 0.00300. The van der Waals surface area contributed by atoms with Crippen LogP contribution in [0.3, 0.4) is 0 Å². The Labute approximate surface area is 180 Å². The van der Waals surface area contributed by atoms with E-state index in [2.05, 4.69) is 10.1 Å². The molecule has 32 heavy (non-hydrogen) atoms. The van der Waals surface area contributed by atoms with Crippen LogP contribution in [-0.4, -0.2) is 38.5 Å². The van der Waals surface area contributed by atoms with Gasteiger partial charge in [0.25, 0.3) is 6.43 Å². The Morgan fingerprint density at radius 3 is 2.62 bits per heavy atom. The summed E-state index contributed by atoms with van der Waals surface area (Å²) in [6, 6.07) is 5.61. The lowest BCUT2D eigenvalue weighted by Gasteiger charge is -2.27. The highest BCUT2D eigenvalue weighted by Gasteiger charge is 2.29. The molecule has 10 heteroatoms. The Balaban J connectivity index is 1.79. The number of nitrogens with zero attached hydrogens (tertiary/aromatic N) is 4. The number of hydrogen-bond donors (Lipinski definition) is 0. The van der Waals surface area contributed by atoms with Crippen LogP contribution >= 0.6 is 0 Å². The summed E-state index contributed by atoms with van der Waals surface area (Å²) in [5.41, 5.74) is 1.80. The van der Waals surface area contributed by atoms with E-state index in [4.69, 9.17) is 0 Å². The first-order valence-electron chi connectivity index (χ1n) is 9.91. The molecule has 168 valence electrons. The van der Waals surface area contributed by atoms with Gasteiger partial charge in [-0.25, -0.2) is 22.0 Å². The summed E-state index contributed by atoms with van der Waals surface area (Å²) in [6.45, 7) is 2.05. The molecule has 1 aromatic carbocycles. The molecule has 0 saturated carbocycles. The Kier molecular flexibility index (Phi) is 5.94. The van der Waals surface area contributed by atoms with Crippen LogP contribution < -0.4 is 0 Å². The summed E-state index contributed by atoms with van der Waals surface area (Å²) < 4.78 is 68.6. The molecule has 0 radical (unpaired) electrons. The van der Waals surface area contributed by atoms with Crippen molar-refractivity contribution in [3.05, 3.63) is 70.5 Å². The Hall–Kier alpha value is -3.30. The fourth-order valence-corrected chi connectivity index (χ4v) is 3.80. The monoisotopic (exact) mass is 450 g/mol. The maximum Gasteiger partial charge on any atom is 0.273 e. The first kappa shape index (κ1) is 21.9. The van der Waals surface area contributed by atoms with Gasteiger partial charge in [-0.2, -0.15) is 5.10 Å². The second-order valence-corrected chi connectivity index (χ2v) is 7.57. The number of fused-ring (bicyclic) bond motifs is 1. The van der Waals surface area contributed by atoms with E-state index in [0.717, 1.165) is 17.8 Å². The summed E-state index contributed by atoms with van der Waals surface area (Å²) in [7, 11) is 0. The smallest absolute Gasteiger partial charge is 0.273 e. The number of carbonyl (C=O) groups is 1. The molecule has 1 atom stereocenters. The number of hydrogen-bond acceptors (Lipinski definition) is 3. The van der Waals surface area contributed by atoms with Crippen molar-refractivity contribution in [2.75, 3.05) is 6.54 Å². The highest BCUT2D eigenvalue weighted by Crippen LogP contribution is 2.32. The van der Waals surface area contributed by atoms with Crippen LogP contribution in [0, 0.1) is 11.6 Å². The molecule has 1 amide bonds. The molecule has 3 heterocycles. The van der Waals surface area contributed by atoms with Crippen molar-refractivity contribution in [1.29, 1.82) is 0 Å². The largest absolute Gasteiger partial charge is 0.338 e. The van der Waals surface area contributed by atoms with Gasteiger partial charge in [0.05, 0.1) is 12.2 Å². The quantitative estimate of drug-likeness (QED) is 0.540. The maximum atomic E-state index is 14.2. The van der Waals surface area contributed by atoms with E-state index < -0.39 is 24.2 Å². The van der Waals surface area contributed by atoms with Gasteiger partial charge >= 0.3 is 0 Å². The average Bonchev–Trinajstić information content (AvgIpc) is 3.13. The van der Waals surface area contributed by atoms with Crippen LogP contribution in [0.5, 0.6) is 0 Å². The van der Waals surface area contributed by atoms with Crippen LogP contribution in [0.1, 0.15) is 35.5 Å². The Morgan fingerprint density at radius 1 is 1.16 bits per heavy atom. The molecule has 0 aliphatic carbocycles. The van der Waals surface area contributed by atoms with Gasteiger partial charge in [-0.1, -0.05) is 6.07 Å².